The summed E-state index contributed by atoms with van der Waals surface area (Å²) in [7, 11) is 0. The van der Waals surface area contributed by atoms with E-state index in [0.29, 0.717) is 17.5 Å². The number of hydrogen-bond acceptors (Lipinski definition) is 4. The molecule has 4 heteroatoms. The molecule has 0 radical (unpaired) electrons. The summed E-state index contributed by atoms with van der Waals surface area (Å²) < 4.78 is 0. The zero-order valence-corrected chi connectivity index (χ0v) is 27.0. The van der Waals surface area contributed by atoms with Gasteiger partial charge in [0.05, 0.1) is 5.69 Å². The van der Waals surface area contributed by atoms with Gasteiger partial charge in [-0.15, -0.1) is 0 Å². The van der Waals surface area contributed by atoms with E-state index in [1.165, 1.54) is 32.3 Å². The Balaban J connectivity index is 1.29. The molecule has 0 saturated carbocycles. The molecule has 8 aromatic carbocycles. The summed E-state index contributed by atoms with van der Waals surface area (Å²) in [5.74, 6) is 1.91. The molecule has 10 rings (SSSR count). The van der Waals surface area contributed by atoms with Crippen LogP contribution in [0.1, 0.15) is 0 Å². The summed E-state index contributed by atoms with van der Waals surface area (Å²) in [6, 6.07) is 57.2. The molecule has 0 atom stereocenters. The zero-order chi connectivity index (χ0) is 33.0. The maximum atomic E-state index is 5.31. The highest BCUT2D eigenvalue weighted by Gasteiger charge is 2.21. The molecule has 0 spiro atoms. The van der Waals surface area contributed by atoms with Crippen molar-refractivity contribution in [2.75, 3.05) is 0 Å². The molecule has 0 saturated heterocycles. The first-order valence-corrected chi connectivity index (χ1v) is 16.8. The Hall–Kier alpha value is -6.78. The van der Waals surface area contributed by atoms with Crippen molar-refractivity contribution >= 4 is 53.9 Å². The van der Waals surface area contributed by atoms with Gasteiger partial charge in [0.15, 0.2) is 17.5 Å². The van der Waals surface area contributed by atoms with Crippen molar-refractivity contribution in [3.8, 4) is 45.4 Å². The van der Waals surface area contributed by atoms with Crippen LogP contribution in [0.3, 0.4) is 0 Å². The summed E-state index contributed by atoms with van der Waals surface area (Å²) in [6.07, 6.45) is 1.85. The minimum absolute atomic E-state index is 0.634. The lowest BCUT2D eigenvalue weighted by molar-refractivity contribution is 1.08. The van der Waals surface area contributed by atoms with Crippen molar-refractivity contribution < 1.29 is 0 Å². The molecule has 0 aliphatic carbocycles. The van der Waals surface area contributed by atoms with Crippen molar-refractivity contribution in [1.29, 1.82) is 0 Å². The molecule has 50 heavy (non-hydrogen) atoms. The third-order valence-electron chi connectivity index (χ3n) is 9.75. The predicted molar refractivity (Wildman–Crippen MR) is 207 cm³/mol. The van der Waals surface area contributed by atoms with Crippen LogP contribution in [0, 0.1) is 0 Å². The lowest BCUT2D eigenvalue weighted by atomic mass is 9.89. The molecule has 0 aliphatic rings. The second kappa shape index (κ2) is 11.4. The van der Waals surface area contributed by atoms with Crippen molar-refractivity contribution in [3.63, 3.8) is 0 Å². The van der Waals surface area contributed by atoms with E-state index in [-0.39, 0.29) is 0 Å². The highest BCUT2D eigenvalue weighted by molar-refractivity contribution is 6.26. The Morgan fingerprint density at radius 3 is 1.28 bits per heavy atom. The lowest BCUT2D eigenvalue weighted by Crippen LogP contribution is -2.02. The number of aromatic nitrogens is 4. The monoisotopic (exact) mass is 636 g/mol. The molecular weight excluding hydrogens is 609 g/mol. The minimum Gasteiger partial charge on any atom is -0.256 e. The van der Waals surface area contributed by atoms with Gasteiger partial charge in [-0.3, -0.25) is 4.98 Å². The number of rotatable bonds is 4. The molecule has 0 amide bonds. The van der Waals surface area contributed by atoms with Gasteiger partial charge in [0.1, 0.15) is 0 Å². The molecule has 10 aromatic rings. The van der Waals surface area contributed by atoms with E-state index in [1.54, 1.807) is 0 Å². The van der Waals surface area contributed by atoms with Gasteiger partial charge in [-0.2, -0.15) is 0 Å². The van der Waals surface area contributed by atoms with Crippen molar-refractivity contribution in [1.82, 2.24) is 19.9 Å². The van der Waals surface area contributed by atoms with Crippen molar-refractivity contribution in [2.24, 2.45) is 0 Å². The van der Waals surface area contributed by atoms with Gasteiger partial charge in [-0.1, -0.05) is 146 Å². The van der Waals surface area contributed by atoms with E-state index in [9.17, 15) is 0 Å². The largest absolute Gasteiger partial charge is 0.256 e. The molecule has 0 unspecified atom stereocenters. The standard InChI is InChI=1S/C46H28N4/c1-2-14-29(15-3-1)44-48-45(30-25-26-35-33-18-5-4-16-31(33)32-17-6-7-19-34(32)40(35)28-30)50-46(49-44)43-38-22-10-8-20-36(38)42(41-24-12-13-27-47-41)37-21-9-11-23-39(37)43/h1-28H. The summed E-state index contributed by atoms with van der Waals surface area (Å²) in [5, 5.41) is 11.7. The number of hydrogen-bond donors (Lipinski definition) is 0. The third kappa shape index (κ3) is 4.46. The first-order valence-electron chi connectivity index (χ1n) is 16.8. The number of nitrogens with zero attached hydrogens (tertiary/aromatic N) is 4. The van der Waals surface area contributed by atoms with Crippen LogP contribution >= 0.6 is 0 Å². The predicted octanol–water partition coefficient (Wildman–Crippen LogP) is 11.7. The van der Waals surface area contributed by atoms with Gasteiger partial charge in [0.2, 0.25) is 0 Å². The smallest absolute Gasteiger partial charge is 0.165 e. The van der Waals surface area contributed by atoms with E-state index < -0.39 is 0 Å². The van der Waals surface area contributed by atoms with Crippen molar-refractivity contribution in [2.45, 2.75) is 0 Å². The van der Waals surface area contributed by atoms with E-state index >= 15 is 0 Å². The van der Waals surface area contributed by atoms with Gasteiger partial charge >= 0.3 is 0 Å². The Morgan fingerprint density at radius 2 is 0.720 bits per heavy atom. The molecule has 4 nitrogen and oxygen atoms in total. The van der Waals surface area contributed by atoms with E-state index in [1.807, 2.05) is 36.5 Å². The van der Waals surface area contributed by atoms with E-state index in [0.717, 1.165) is 49.5 Å². The van der Waals surface area contributed by atoms with Gasteiger partial charge in [-0.05, 0) is 72.1 Å². The second-order valence-electron chi connectivity index (χ2n) is 12.6. The number of pyridine rings is 1. The zero-order valence-electron chi connectivity index (χ0n) is 27.0. The Bertz CT molecular complexity index is 2830. The van der Waals surface area contributed by atoms with Crippen LogP contribution in [-0.4, -0.2) is 19.9 Å². The van der Waals surface area contributed by atoms with Gasteiger partial charge < -0.3 is 0 Å². The van der Waals surface area contributed by atoms with E-state index in [2.05, 4.69) is 133 Å². The highest BCUT2D eigenvalue weighted by Crippen LogP contribution is 2.43. The first kappa shape index (κ1) is 28.3. The molecule has 232 valence electrons. The average molecular weight is 637 g/mol. The summed E-state index contributed by atoms with van der Waals surface area (Å²) >= 11 is 0. The topological polar surface area (TPSA) is 51.6 Å². The van der Waals surface area contributed by atoms with Gasteiger partial charge in [0, 0.05) is 28.5 Å². The first-order chi connectivity index (χ1) is 24.8. The molecule has 0 fully saturated rings. The van der Waals surface area contributed by atoms with Crippen LogP contribution < -0.4 is 0 Å². The number of benzene rings is 8. The van der Waals surface area contributed by atoms with Crippen LogP contribution in [0.5, 0.6) is 0 Å². The molecule has 0 aliphatic heterocycles. The third-order valence-corrected chi connectivity index (χ3v) is 9.75. The Labute approximate surface area is 288 Å². The fourth-order valence-corrected chi connectivity index (χ4v) is 7.54. The summed E-state index contributed by atoms with van der Waals surface area (Å²) in [4.78, 5) is 20.5. The van der Waals surface area contributed by atoms with Crippen molar-refractivity contribution in [3.05, 3.63) is 170 Å². The lowest BCUT2D eigenvalue weighted by Gasteiger charge is -2.17. The SMILES string of the molecule is c1ccc(-c2nc(-c3ccc4c5ccccc5c5ccccc5c4c3)nc(-c3c4ccccc4c(-c4ccccn4)c4ccccc34)n2)cc1. The molecule has 2 heterocycles. The number of fused-ring (bicyclic) bond motifs is 8. The molecule has 2 aromatic heterocycles. The molecule has 0 N–H and O–H groups in total. The highest BCUT2D eigenvalue weighted by atomic mass is 15.0. The van der Waals surface area contributed by atoms with Crippen LogP contribution in [0.25, 0.3) is 99.3 Å². The second-order valence-corrected chi connectivity index (χ2v) is 12.6. The molecule has 0 bridgehead atoms. The van der Waals surface area contributed by atoms with Crippen LogP contribution in [0.15, 0.2) is 170 Å². The summed E-state index contributed by atoms with van der Waals surface area (Å²) in [5.41, 5.74) is 4.90. The summed E-state index contributed by atoms with van der Waals surface area (Å²) in [6.45, 7) is 0. The van der Waals surface area contributed by atoms with Crippen LogP contribution in [0.4, 0.5) is 0 Å². The van der Waals surface area contributed by atoms with E-state index in [4.69, 9.17) is 19.9 Å². The maximum absolute atomic E-state index is 5.31. The quantitative estimate of drug-likeness (QED) is 0.142. The average Bonchev–Trinajstić information content (AvgIpc) is 3.20. The van der Waals surface area contributed by atoms with Crippen LogP contribution in [-0.2, 0) is 0 Å². The maximum Gasteiger partial charge on any atom is 0.165 e. The van der Waals surface area contributed by atoms with Gasteiger partial charge in [-0.25, -0.2) is 15.0 Å². The van der Waals surface area contributed by atoms with Gasteiger partial charge in [0.25, 0.3) is 0 Å². The fourth-order valence-electron chi connectivity index (χ4n) is 7.54. The Morgan fingerprint density at radius 1 is 0.280 bits per heavy atom. The normalized spacial score (nSPS) is 11.6. The minimum atomic E-state index is 0.634. The molecular formula is C46H28N4. The fraction of sp³-hybridized carbons (Fsp3) is 0. The Kier molecular flexibility index (Phi) is 6.46. The van der Waals surface area contributed by atoms with Crippen LogP contribution in [0.2, 0.25) is 0 Å².